The molecule has 0 radical (unpaired) electrons. The number of likely N-dealkylation sites (tertiary alicyclic amines) is 1. The number of halogens is 3. The van der Waals surface area contributed by atoms with Crippen molar-refractivity contribution in [2.45, 2.75) is 44.4 Å². The second-order valence-corrected chi connectivity index (χ2v) is 10.2. The van der Waals surface area contributed by atoms with Gasteiger partial charge in [-0.2, -0.15) is 13.2 Å². The minimum Gasteiger partial charge on any atom is -0.382 e. The van der Waals surface area contributed by atoms with Gasteiger partial charge in [-0.15, -0.1) is 0 Å². The van der Waals surface area contributed by atoms with Crippen molar-refractivity contribution >= 4 is 28.9 Å². The predicted molar refractivity (Wildman–Crippen MR) is 146 cm³/mol. The van der Waals surface area contributed by atoms with Gasteiger partial charge >= 0.3 is 6.18 Å². The topological polar surface area (TPSA) is 64.7 Å². The van der Waals surface area contributed by atoms with Gasteiger partial charge in [-0.25, -0.2) is 0 Å². The van der Waals surface area contributed by atoms with Crippen LogP contribution in [-0.4, -0.2) is 42.9 Å². The molecule has 2 aliphatic heterocycles. The zero-order valence-corrected chi connectivity index (χ0v) is 21.7. The molecule has 0 saturated carbocycles. The molecule has 3 aromatic rings. The molecule has 3 aromatic carbocycles. The number of carbonyl (C=O) groups excluding carboxylic acids is 2. The van der Waals surface area contributed by atoms with E-state index in [-0.39, 0.29) is 23.2 Å². The molecule has 204 valence electrons. The minimum atomic E-state index is -4.53. The Hall–Kier alpha value is -3.85. The van der Waals surface area contributed by atoms with Gasteiger partial charge in [0.05, 0.1) is 11.1 Å². The van der Waals surface area contributed by atoms with E-state index < -0.39 is 17.6 Å². The standard InChI is InChI=1S/C30H31F3N4O2/c1-36-27-18-24(10-7-21(27)8-12-28(36)38)35-29(39)25-11-9-22(30(31,32)33)17-26(25)34-23-13-15-37(16-14-23)19-20-5-3-2-4-6-20/h2-7,9-11,17-18,23,34H,8,12-16,19H2,1H3,(H,35,39). The number of hydrogen-bond donors (Lipinski definition) is 2. The number of aryl methyl sites for hydroxylation is 1. The largest absolute Gasteiger partial charge is 0.416 e. The van der Waals surface area contributed by atoms with Gasteiger partial charge in [0.1, 0.15) is 0 Å². The van der Waals surface area contributed by atoms with Crippen LogP contribution in [0.2, 0.25) is 0 Å². The third-order valence-corrected chi connectivity index (χ3v) is 7.47. The van der Waals surface area contributed by atoms with E-state index in [0.29, 0.717) is 18.5 Å². The molecular formula is C30H31F3N4O2. The minimum absolute atomic E-state index is 0.00461. The highest BCUT2D eigenvalue weighted by Gasteiger charge is 2.32. The van der Waals surface area contributed by atoms with Gasteiger partial charge in [0.15, 0.2) is 0 Å². The molecule has 6 nitrogen and oxygen atoms in total. The Morgan fingerprint density at radius 2 is 1.72 bits per heavy atom. The summed E-state index contributed by atoms with van der Waals surface area (Å²) in [7, 11) is 1.69. The molecule has 0 spiro atoms. The summed E-state index contributed by atoms with van der Waals surface area (Å²) < 4.78 is 40.6. The average Bonchev–Trinajstić information content (AvgIpc) is 2.92. The number of hydrogen-bond acceptors (Lipinski definition) is 4. The second-order valence-electron chi connectivity index (χ2n) is 10.2. The fourth-order valence-corrected chi connectivity index (χ4v) is 5.24. The van der Waals surface area contributed by atoms with Gasteiger partial charge in [-0.3, -0.25) is 14.5 Å². The summed E-state index contributed by atoms with van der Waals surface area (Å²) in [5, 5.41) is 6.04. The Bertz CT molecular complexity index is 1350. The molecule has 5 rings (SSSR count). The fraction of sp³-hybridized carbons (Fsp3) is 0.333. The van der Waals surface area contributed by atoms with Crippen LogP contribution in [0.15, 0.2) is 66.7 Å². The lowest BCUT2D eigenvalue weighted by Gasteiger charge is -2.33. The van der Waals surface area contributed by atoms with Gasteiger partial charge in [0.2, 0.25) is 5.91 Å². The Labute approximate surface area is 225 Å². The van der Waals surface area contributed by atoms with E-state index >= 15 is 0 Å². The Kier molecular flexibility index (Phi) is 7.61. The molecule has 0 aliphatic carbocycles. The van der Waals surface area contributed by atoms with E-state index in [1.54, 1.807) is 24.1 Å². The number of rotatable bonds is 6. The summed E-state index contributed by atoms with van der Waals surface area (Å²) in [5.41, 5.74) is 2.91. The summed E-state index contributed by atoms with van der Waals surface area (Å²) >= 11 is 0. The summed E-state index contributed by atoms with van der Waals surface area (Å²) in [4.78, 5) is 29.3. The number of anilines is 3. The monoisotopic (exact) mass is 536 g/mol. The normalized spacial score (nSPS) is 16.6. The van der Waals surface area contributed by atoms with Crippen LogP contribution in [0.25, 0.3) is 0 Å². The first-order valence-corrected chi connectivity index (χ1v) is 13.1. The number of benzene rings is 3. The van der Waals surface area contributed by atoms with Gasteiger partial charge in [0, 0.05) is 56.2 Å². The summed E-state index contributed by atoms with van der Waals surface area (Å²) in [5.74, 6) is -0.521. The van der Waals surface area contributed by atoms with Crippen molar-refractivity contribution in [2.75, 3.05) is 35.7 Å². The maximum Gasteiger partial charge on any atom is 0.416 e. The van der Waals surface area contributed by atoms with Crippen LogP contribution in [0.3, 0.4) is 0 Å². The maximum absolute atomic E-state index is 13.5. The number of nitrogens with one attached hydrogen (secondary N) is 2. The van der Waals surface area contributed by atoms with Crippen molar-refractivity contribution in [1.82, 2.24) is 4.90 Å². The molecule has 1 saturated heterocycles. The third kappa shape index (κ3) is 6.25. The van der Waals surface area contributed by atoms with E-state index in [1.807, 2.05) is 24.3 Å². The Balaban J connectivity index is 1.31. The molecule has 2 amide bonds. The number of carbonyl (C=O) groups is 2. The number of amides is 2. The number of nitrogens with zero attached hydrogens (tertiary/aromatic N) is 2. The molecule has 0 atom stereocenters. The first-order valence-electron chi connectivity index (χ1n) is 13.1. The van der Waals surface area contributed by atoms with E-state index in [2.05, 4.69) is 27.7 Å². The highest BCUT2D eigenvalue weighted by atomic mass is 19.4. The van der Waals surface area contributed by atoms with E-state index in [9.17, 15) is 22.8 Å². The van der Waals surface area contributed by atoms with Crippen LogP contribution in [-0.2, 0) is 23.9 Å². The molecule has 2 N–H and O–H groups in total. The molecular weight excluding hydrogens is 505 g/mol. The molecule has 2 aliphatic rings. The molecule has 9 heteroatoms. The summed E-state index contributed by atoms with van der Waals surface area (Å²) in [6.45, 7) is 2.43. The molecule has 1 fully saturated rings. The second kappa shape index (κ2) is 11.1. The van der Waals surface area contributed by atoms with E-state index in [1.165, 1.54) is 11.6 Å². The zero-order valence-electron chi connectivity index (χ0n) is 21.7. The number of piperidine rings is 1. The van der Waals surface area contributed by atoms with E-state index in [4.69, 9.17) is 0 Å². The van der Waals surface area contributed by atoms with Crippen LogP contribution in [0, 0.1) is 0 Å². The first-order chi connectivity index (χ1) is 18.7. The van der Waals surface area contributed by atoms with Crippen LogP contribution in [0.4, 0.5) is 30.2 Å². The fourth-order valence-electron chi connectivity index (χ4n) is 5.24. The Morgan fingerprint density at radius 1 is 0.974 bits per heavy atom. The molecule has 0 aromatic heterocycles. The molecule has 0 unspecified atom stereocenters. The number of fused-ring (bicyclic) bond motifs is 1. The van der Waals surface area contributed by atoms with Crippen LogP contribution in [0.5, 0.6) is 0 Å². The quantitative estimate of drug-likeness (QED) is 0.409. The Morgan fingerprint density at radius 3 is 2.44 bits per heavy atom. The van der Waals surface area contributed by atoms with Gasteiger partial charge in [0.25, 0.3) is 5.91 Å². The summed E-state index contributed by atoms with van der Waals surface area (Å²) in [6, 6.07) is 18.6. The van der Waals surface area contributed by atoms with Crippen LogP contribution in [0.1, 0.15) is 46.3 Å². The molecule has 0 bridgehead atoms. The van der Waals surface area contributed by atoms with Crippen molar-refractivity contribution in [3.05, 3.63) is 89.0 Å². The van der Waals surface area contributed by atoms with Gasteiger partial charge < -0.3 is 15.5 Å². The van der Waals surface area contributed by atoms with Crippen LogP contribution >= 0.6 is 0 Å². The number of alkyl halides is 3. The maximum atomic E-state index is 13.5. The highest BCUT2D eigenvalue weighted by Crippen LogP contribution is 2.34. The van der Waals surface area contributed by atoms with Crippen molar-refractivity contribution in [3.8, 4) is 0 Å². The van der Waals surface area contributed by atoms with Crippen molar-refractivity contribution < 1.29 is 22.8 Å². The first kappa shape index (κ1) is 26.7. The highest BCUT2D eigenvalue weighted by molar-refractivity contribution is 6.08. The van der Waals surface area contributed by atoms with Gasteiger partial charge in [-0.1, -0.05) is 36.4 Å². The lowest BCUT2D eigenvalue weighted by atomic mass is 10.0. The molecule has 39 heavy (non-hydrogen) atoms. The van der Waals surface area contributed by atoms with E-state index in [0.717, 1.165) is 55.9 Å². The third-order valence-electron chi connectivity index (χ3n) is 7.47. The zero-order chi connectivity index (χ0) is 27.6. The smallest absolute Gasteiger partial charge is 0.382 e. The predicted octanol–water partition coefficient (Wildman–Crippen LogP) is 5.94. The average molecular weight is 537 g/mol. The van der Waals surface area contributed by atoms with Crippen molar-refractivity contribution in [2.24, 2.45) is 0 Å². The van der Waals surface area contributed by atoms with Crippen LogP contribution < -0.4 is 15.5 Å². The lowest BCUT2D eigenvalue weighted by Crippen LogP contribution is -2.39. The van der Waals surface area contributed by atoms with Gasteiger partial charge in [-0.05, 0) is 60.7 Å². The van der Waals surface area contributed by atoms with Crippen molar-refractivity contribution in [1.29, 1.82) is 0 Å². The lowest BCUT2D eigenvalue weighted by molar-refractivity contribution is -0.137. The summed E-state index contributed by atoms with van der Waals surface area (Å²) in [6.07, 6.45) is -1.98. The SMILES string of the molecule is CN1C(=O)CCc2ccc(NC(=O)c3ccc(C(F)(F)F)cc3NC3CCN(Cc4ccccc4)CC3)cc21. The molecule has 2 heterocycles. The van der Waals surface area contributed by atoms with Crippen molar-refractivity contribution in [3.63, 3.8) is 0 Å².